The molecular weight excluding hydrogens is 566 g/mol. The van der Waals surface area contributed by atoms with Gasteiger partial charge in [-0.15, -0.1) is 0 Å². The van der Waals surface area contributed by atoms with E-state index in [0.717, 1.165) is 0 Å². The van der Waals surface area contributed by atoms with Gasteiger partial charge in [0, 0.05) is 5.71 Å². The lowest BCUT2D eigenvalue weighted by atomic mass is 9.61. The van der Waals surface area contributed by atoms with Gasteiger partial charge in [0.15, 0.2) is 0 Å². The van der Waals surface area contributed by atoms with Gasteiger partial charge >= 0.3 is 0 Å². The largest absolute Gasteiger partial charge is 0.277 e. The number of hydrogen-bond donors (Lipinski definition) is 1. The van der Waals surface area contributed by atoms with Gasteiger partial charge in [0.1, 0.15) is 23.1 Å². The molecule has 3 amide bonds. The predicted molar refractivity (Wildman–Crippen MR) is 174 cm³/mol. The molecule has 0 saturated carbocycles. The quantitative estimate of drug-likeness (QED) is 0.325. The Morgan fingerprint density at radius 3 is 1.71 bits per heavy atom. The van der Waals surface area contributed by atoms with Crippen LogP contribution in [0.4, 0.5) is 22.7 Å². The van der Waals surface area contributed by atoms with E-state index in [4.69, 9.17) is 10.1 Å². The van der Waals surface area contributed by atoms with Gasteiger partial charge in [-0.25, -0.2) is 15.0 Å². The lowest BCUT2D eigenvalue weighted by Gasteiger charge is -2.36. The SMILES string of the molecule is CC1=NN(c2ccccc2)C(=O)C1C1(C2C(=O)N(c3ccccc3)NC2=Nc2ccccc2)C(=O)N(c2ccccc2)N=C1C. The number of rotatable bonds is 6. The van der Waals surface area contributed by atoms with Gasteiger partial charge < -0.3 is 0 Å². The highest BCUT2D eigenvalue weighted by atomic mass is 16.2. The van der Waals surface area contributed by atoms with Gasteiger partial charge in [-0.2, -0.15) is 15.2 Å². The molecule has 4 aromatic carbocycles. The zero-order valence-corrected chi connectivity index (χ0v) is 24.6. The molecule has 1 fully saturated rings. The fraction of sp³-hybridized carbons (Fsp3) is 0.143. The summed E-state index contributed by atoms with van der Waals surface area (Å²) in [5.41, 5.74) is 4.33. The number of para-hydroxylation sites is 4. The van der Waals surface area contributed by atoms with Crippen molar-refractivity contribution in [1.82, 2.24) is 5.43 Å². The second-order valence-electron chi connectivity index (χ2n) is 11.1. The van der Waals surface area contributed by atoms with E-state index in [1.165, 1.54) is 15.0 Å². The fourth-order valence-electron chi connectivity index (χ4n) is 6.42. The number of benzene rings is 4. The van der Waals surface area contributed by atoms with Crippen molar-refractivity contribution in [2.45, 2.75) is 13.8 Å². The molecule has 3 atom stereocenters. The summed E-state index contributed by atoms with van der Waals surface area (Å²) < 4.78 is 0. The topological polar surface area (TPSA) is 110 Å². The third-order valence-corrected chi connectivity index (χ3v) is 8.43. The highest BCUT2D eigenvalue weighted by molar-refractivity contribution is 6.34. The number of hydrogen-bond acceptors (Lipinski definition) is 6. The van der Waals surface area contributed by atoms with Crippen molar-refractivity contribution < 1.29 is 14.4 Å². The van der Waals surface area contributed by atoms with Crippen molar-refractivity contribution in [2.75, 3.05) is 15.0 Å². The van der Waals surface area contributed by atoms with Crippen LogP contribution in [0.3, 0.4) is 0 Å². The van der Waals surface area contributed by atoms with Crippen molar-refractivity contribution in [3.8, 4) is 0 Å². The van der Waals surface area contributed by atoms with Gasteiger partial charge in [-0.3, -0.25) is 19.8 Å². The molecule has 4 aromatic rings. The number of hydrazine groups is 1. The number of nitrogens with zero attached hydrogens (tertiary/aromatic N) is 6. The average molecular weight is 596 g/mol. The highest BCUT2D eigenvalue weighted by Gasteiger charge is 2.69. The number of amides is 3. The number of anilines is 3. The second-order valence-corrected chi connectivity index (χ2v) is 11.1. The average Bonchev–Trinajstić information content (AvgIpc) is 3.66. The van der Waals surface area contributed by atoms with Crippen molar-refractivity contribution in [2.24, 2.45) is 32.4 Å². The maximum atomic E-state index is 15.1. The van der Waals surface area contributed by atoms with Crippen molar-refractivity contribution in [3.05, 3.63) is 121 Å². The first-order valence-electron chi connectivity index (χ1n) is 14.6. The van der Waals surface area contributed by atoms with Crippen LogP contribution in [-0.2, 0) is 14.4 Å². The number of carbonyl (C=O) groups is 3. The molecule has 3 aliphatic heterocycles. The van der Waals surface area contributed by atoms with Gasteiger partial charge in [-0.1, -0.05) is 72.8 Å². The van der Waals surface area contributed by atoms with Crippen LogP contribution in [0.5, 0.6) is 0 Å². The van der Waals surface area contributed by atoms with Crippen LogP contribution in [0, 0.1) is 17.3 Å². The summed E-state index contributed by atoms with van der Waals surface area (Å²) in [5, 5.41) is 13.4. The maximum Gasteiger partial charge on any atom is 0.261 e. The highest BCUT2D eigenvalue weighted by Crippen LogP contribution is 2.51. The number of amidine groups is 1. The molecule has 3 unspecified atom stereocenters. The second kappa shape index (κ2) is 11.0. The minimum atomic E-state index is -1.79. The molecule has 1 N–H and O–H groups in total. The number of nitrogens with one attached hydrogen (secondary N) is 1. The fourth-order valence-corrected chi connectivity index (χ4v) is 6.42. The summed E-state index contributed by atoms with van der Waals surface area (Å²) in [6.45, 7) is 3.42. The lowest BCUT2D eigenvalue weighted by Crippen LogP contribution is -2.58. The number of aliphatic imine (C=N–C) groups is 1. The molecule has 45 heavy (non-hydrogen) atoms. The molecule has 0 radical (unpaired) electrons. The zero-order valence-electron chi connectivity index (χ0n) is 24.6. The predicted octanol–water partition coefficient (Wildman–Crippen LogP) is 5.33. The van der Waals surface area contributed by atoms with Gasteiger partial charge in [0.25, 0.3) is 17.7 Å². The molecule has 3 aliphatic rings. The van der Waals surface area contributed by atoms with E-state index in [9.17, 15) is 9.59 Å². The summed E-state index contributed by atoms with van der Waals surface area (Å²) in [7, 11) is 0. The van der Waals surface area contributed by atoms with Crippen molar-refractivity contribution in [1.29, 1.82) is 0 Å². The van der Waals surface area contributed by atoms with Crippen LogP contribution in [0.2, 0.25) is 0 Å². The van der Waals surface area contributed by atoms with Crippen LogP contribution >= 0.6 is 0 Å². The molecule has 0 aromatic heterocycles. The Morgan fingerprint density at radius 2 is 1.13 bits per heavy atom. The Hall–Kier alpha value is -5.90. The van der Waals surface area contributed by atoms with Crippen LogP contribution in [-0.4, -0.2) is 35.0 Å². The monoisotopic (exact) mass is 595 g/mol. The van der Waals surface area contributed by atoms with Gasteiger partial charge in [0.05, 0.1) is 28.5 Å². The Kier molecular flexibility index (Phi) is 6.81. The van der Waals surface area contributed by atoms with E-state index >= 15 is 4.79 Å². The smallest absolute Gasteiger partial charge is 0.261 e. The normalized spacial score (nSPS) is 23.9. The van der Waals surface area contributed by atoms with Crippen LogP contribution in [0.1, 0.15) is 13.8 Å². The Bertz CT molecular complexity index is 1880. The first-order chi connectivity index (χ1) is 21.9. The molecular formula is C35H29N7O3. The minimum absolute atomic E-state index is 0.228. The summed E-state index contributed by atoms with van der Waals surface area (Å²) in [6.07, 6.45) is 0. The van der Waals surface area contributed by atoms with Gasteiger partial charge in [0.2, 0.25) is 0 Å². The van der Waals surface area contributed by atoms with E-state index in [1.807, 2.05) is 72.8 Å². The van der Waals surface area contributed by atoms with Gasteiger partial charge in [-0.05, 0) is 62.4 Å². The standard InChI is InChI=1S/C35H29N7O3/c1-23-29(32(43)40(37-23)26-17-9-4-10-18-26)35(24(2)38-42(34(35)45)28-21-13-6-14-22-28)30-31(36-25-15-7-3-8-16-25)39-41(33(30)44)27-19-11-5-12-20-27/h3-22,29-30H,1-2H3,(H,36,39). The molecule has 7 rings (SSSR count). The maximum absolute atomic E-state index is 15.1. The molecule has 222 valence electrons. The molecule has 10 nitrogen and oxygen atoms in total. The molecule has 0 spiro atoms. The summed E-state index contributed by atoms with van der Waals surface area (Å²) in [5.74, 6) is -3.53. The van der Waals surface area contributed by atoms with E-state index in [2.05, 4.69) is 10.5 Å². The van der Waals surface area contributed by atoms with Crippen molar-refractivity contribution >= 4 is 57.7 Å². The summed E-state index contributed by atoms with van der Waals surface area (Å²) in [6, 6.07) is 36.3. The van der Waals surface area contributed by atoms with E-state index in [0.29, 0.717) is 34.2 Å². The number of carbonyl (C=O) groups excluding carboxylic acids is 3. The van der Waals surface area contributed by atoms with E-state index in [-0.39, 0.29) is 5.84 Å². The first kappa shape index (κ1) is 27.9. The molecule has 3 heterocycles. The molecule has 0 bridgehead atoms. The van der Waals surface area contributed by atoms with Crippen LogP contribution in [0.15, 0.2) is 137 Å². The van der Waals surface area contributed by atoms with Crippen molar-refractivity contribution in [3.63, 3.8) is 0 Å². The lowest BCUT2D eigenvalue weighted by molar-refractivity contribution is -0.136. The first-order valence-corrected chi connectivity index (χ1v) is 14.6. The molecule has 10 heteroatoms. The summed E-state index contributed by atoms with van der Waals surface area (Å²) in [4.78, 5) is 49.2. The molecule has 1 saturated heterocycles. The number of hydrazone groups is 2. The Morgan fingerprint density at radius 1 is 0.622 bits per heavy atom. The minimum Gasteiger partial charge on any atom is -0.277 e. The Labute approximate surface area is 260 Å². The zero-order chi connectivity index (χ0) is 31.1. The Balaban J connectivity index is 1.45. The third kappa shape index (κ3) is 4.41. The third-order valence-electron chi connectivity index (χ3n) is 8.43. The van der Waals surface area contributed by atoms with Crippen LogP contribution in [0.25, 0.3) is 0 Å². The summed E-state index contributed by atoms with van der Waals surface area (Å²) >= 11 is 0. The van der Waals surface area contributed by atoms with Crippen LogP contribution < -0.4 is 20.5 Å². The van der Waals surface area contributed by atoms with E-state index < -0.39 is 35.0 Å². The molecule has 0 aliphatic carbocycles. The van der Waals surface area contributed by atoms with E-state index in [1.54, 1.807) is 62.4 Å².